The summed E-state index contributed by atoms with van der Waals surface area (Å²) in [6.07, 6.45) is 0. The minimum Gasteiger partial charge on any atom is -0.453 e. The number of thiophene rings is 1. The van der Waals surface area contributed by atoms with E-state index in [1.807, 2.05) is 0 Å². The molecule has 0 amide bonds. The number of Topliss-reactive ketones (excluding diaryl/α,β-unsaturated/α-hetero) is 1. The van der Waals surface area contributed by atoms with Gasteiger partial charge in [-0.15, -0.1) is 11.3 Å². The number of benzene rings is 1. The van der Waals surface area contributed by atoms with E-state index in [-0.39, 0.29) is 16.4 Å². The van der Waals surface area contributed by atoms with Gasteiger partial charge in [-0.3, -0.25) is 4.79 Å². The predicted octanol–water partition coefficient (Wildman–Crippen LogP) is 3.44. The van der Waals surface area contributed by atoms with Crippen LogP contribution in [0.15, 0.2) is 30.3 Å². The number of nitrogens with zero attached hydrogens (tertiary/aromatic N) is 3. The second-order valence-electron chi connectivity index (χ2n) is 6.09. The summed E-state index contributed by atoms with van der Waals surface area (Å²) >= 11 is 1.14. The van der Waals surface area contributed by atoms with Crippen molar-refractivity contribution >= 4 is 39.0 Å². The van der Waals surface area contributed by atoms with Gasteiger partial charge in [0.15, 0.2) is 12.4 Å². The molecule has 0 aliphatic carbocycles. The third-order valence-corrected chi connectivity index (χ3v) is 5.14. The van der Waals surface area contributed by atoms with Crippen molar-refractivity contribution in [1.82, 2.24) is 9.78 Å². The van der Waals surface area contributed by atoms with Crippen molar-refractivity contribution in [3.8, 4) is 11.8 Å². The Morgan fingerprint density at radius 1 is 1.39 bits per heavy atom. The van der Waals surface area contributed by atoms with Crippen LogP contribution in [0, 0.1) is 35.4 Å². The second-order valence-corrected chi connectivity index (χ2v) is 7.12. The summed E-state index contributed by atoms with van der Waals surface area (Å²) in [5.74, 6) is -2.92. The van der Waals surface area contributed by atoms with Gasteiger partial charge in [0.25, 0.3) is 0 Å². The number of esters is 1. The summed E-state index contributed by atoms with van der Waals surface area (Å²) in [4.78, 5) is 25.2. The van der Waals surface area contributed by atoms with E-state index >= 15 is 0 Å². The van der Waals surface area contributed by atoms with Crippen LogP contribution in [0.1, 0.15) is 22.3 Å². The van der Waals surface area contributed by atoms with E-state index in [9.17, 15) is 14.0 Å². The first-order valence-electron chi connectivity index (χ1n) is 8.21. The van der Waals surface area contributed by atoms with Crippen LogP contribution in [-0.2, 0) is 9.53 Å². The molecule has 0 radical (unpaired) electrons. The number of carbonyl (C=O) groups excluding carboxylic acids is 2. The number of aromatic nitrogens is 2. The van der Waals surface area contributed by atoms with Crippen LogP contribution < -0.4 is 0 Å². The summed E-state index contributed by atoms with van der Waals surface area (Å²) in [6, 6.07) is 9.15. The Labute approximate surface area is 163 Å². The zero-order valence-electron chi connectivity index (χ0n) is 15.0. The number of halogens is 1. The Balaban J connectivity index is 1.83. The van der Waals surface area contributed by atoms with Gasteiger partial charge in [-0.1, -0.05) is 0 Å². The Morgan fingerprint density at radius 2 is 2.07 bits per heavy atom. The molecule has 0 bridgehead atoms. The Kier molecular flexibility index (Phi) is 5.33. The molecule has 1 N–H and O–H groups in total. The first kappa shape index (κ1) is 19.4. The van der Waals surface area contributed by atoms with Gasteiger partial charge in [0.2, 0.25) is 0 Å². The van der Waals surface area contributed by atoms with E-state index in [2.05, 4.69) is 5.10 Å². The summed E-state index contributed by atoms with van der Waals surface area (Å²) in [6.45, 7) is 2.56. The molecule has 9 heteroatoms. The summed E-state index contributed by atoms with van der Waals surface area (Å²) in [7, 11) is 0. The molecule has 3 rings (SSSR count). The SMILES string of the molecule is CC(=N)[C@@H](C#N)C(=O)COC(=O)c1cc2c(C)nn(-c3ccc(F)cc3)c2s1. The summed E-state index contributed by atoms with van der Waals surface area (Å²) in [5, 5.41) is 21.5. The smallest absolute Gasteiger partial charge is 0.348 e. The highest BCUT2D eigenvalue weighted by molar-refractivity contribution is 7.20. The fraction of sp³-hybridized carbons (Fsp3) is 0.211. The summed E-state index contributed by atoms with van der Waals surface area (Å²) in [5.41, 5.74) is 1.24. The fourth-order valence-corrected chi connectivity index (χ4v) is 3.68. The molecular weight excluding hydrogens is 383 g/mol. The Bertz CT molecular complexity index is 1120. The van der Waals surface area contributed by atoms with Crippen molar-refractivity contribution in [2.75, 3.05) is 6.61 Å². The highest BCUT2D eigenvalue weighted by Crippen LogP contribution is 2.30. The average Bonchev–Trinajstić information content (AvgIpc) is 3.21. The van der Waals surface area contributed by atoms with Gasteiger partial charge < -0.3 is 10.1 Å². The summed E-state index contributed by atoms with van der Waals surface area (Å²) < 4.78 is 19.8. The average molecular weight is 398 g/mol. The highest BCUT2D eigenvalue weighted by Gasteiger charge is 2.23. The van der Waals surface area contributed by atoms with Gasteiger partial charge in [-0.2, -0.15) is 10.4 Å². The van der Waals surface area contributed by atoms with Crippen LogP contribution in [0.5, 0.6) is 0 Å². The van der Waals surface area contributed by atoms with Crippen LogP contribution in [0.2, 0.25) is 0 Å². The molecule has 0 fully saturated rings. The van der Waals surface area contributed by atoms with Crippen molar-refractivity contribution in [2.45, 2.75) is 13.8 Å². The largest absolute Gasteiger partial charge is 0.453 e. The lowest BCUT2D eigenvalue weighted by Gasteiger charge is -2.06. The standard InChI is InChI=1S/C19H15FN4O3S/c1-10(22)15(8-21)16(25)9-27-19(26)17-7-14-11(2)23-24(18(14)28-17)13-5-3-12(20)4-6-13/h3-7,15,22H,9H2,1-2H3/t15-/m1/s1. The van der Waals surface area contributed by atoms with Gasteiger partial charge in [0.1, 0.15) is 21.4 Å². The minimum absolute atomic E-state index is 0.0968. The molecule has 0 unspecified atom stereocenters. The molecule has 28 heavy (non-hydrogen) atoms. The van der Waals surface area contributed by atoms with E-state index in [0.717, 1.165) is 16.7 Å². The molecule has 0 aliphatic rings. The number of ketones is 1. The molecule has 1 atom stereocenters. The Hall–Kier alpha value is -3.38. The fourth-order valence-electron chi connectivity index (χ4n) is 2.61. The normalized spacial score (nSPS) is 11.8. The molecule has 0 spiro atoms. The van der Waals surface area contributed by atoms with Gasteiger partial charge in [-0.25, -0.2) is 13.9 Å². The monoisotopic (exact) mass is 398 g/mol. The molecule has 142 valence electrons. The van der Waals surface area contributed by atoms with Gasteiger partial charge >= 0.3 is 5.97 Å². The lowest BCUT2D eigenvalue weighted by atomic mass is 10.0. The van der Waals surface area contributed by atoms with Gasteiger partial charge in [0, 0.05) is 11.1 Å². The second kappa shape index (κ2) is 7.70. The number of nitrogens with one attached hydrogen (secondary N) is 1. The van der Waals surface area contributed by atoms with Crippen molar-refractivity contribution in [3.05, 3.63) is 46.7 Å². The number of ether oxygens (including phenoxy) is 1. The van der Waals surface area contributed by atoms with Gasteiger partial charge in [-0.05, 0) is 44.2 Å². The van der Waals surface area contributed by atoms with Crippen LogP contribution in [0.3, 0.4) is 0 Å². The van der Waals surface area contributed by atoms with E-state index in [1.165, 1.54) is 19.1 Å². The van der Waals surface area contributed by atoms with Crippen molar-refractivity contribution in [2.24, 2.45) is 5.92 Å². The maximum absolute atomic E-state index is 13.2. The first-order chi connectivity index (χ1) is 13.3. The van der Waals surface area contributed by atoms with Crippen molar-refractivity contribution in [3.63, 3.8) is 0 Å². The van der Waals surface area contributed by atoms with Crippen molar-refractivity contribution < 1.29 is 18.7 Å². The zero-order chi connectivity index (χ0) is 20.4. The predicted molar refractivity (Wildman–Crippen MR) is 101 cm³/mol. The number of nitriles is 1. The molecule has 2 aromatic heterocycles. The zero-order valence-corrected chi connectivity index (χ0v) is 15.8. The molecular formula is C19H15FN4O3S. The van der Waals surface area contributed by atoms with E-state index in [4.69, 9.17) is 15.4 Å². The molecule has 7 nitrogen and oxygen atoms in total. The van der Waals surface area contributed by atoms with Crippen molar-refractivity contribution in [1.29, 1.82) is 10.7 Å². The number of fused-ring (bicyclic) bond motifs is 1. The highest BCUT2D eigenvalue weighted by atomic mass is 32.1. The number of aryl methyl sites for hydroxylation is 1. The van der Waals surface area contributed by atoms with Gasteiger partial charge in [0.05, 0.1) is 17.5 Å². The number of hydrogen-bond donors (Lipinski definition) is 1. The lowest BCUT2D eigenvalue weighted by Crippen LogP contribution is -2.25. The maximum Gasteiger partial charge on any atom is 0.348 e. The third kappa shape index (κ3) is 3.68. The van der Waals surface area contributed by atoms with Crippen LogP contribution in [0.4, 0.5) is 4.39 Å². The maximum atomic E-state index is 13.2. The number of hydrogen-bond acceptors (Lipinski definition) is 7. The van der Waals surface area contributed by atoms with Crippen LogP contribution in [-0.4, -0.2) is 33.9 Å². The Morgan fingerprint density at radius 3 is 2.68 bits per heavy atom. The molecule has 0 saturated heterocycles. The first-order valence-corrected chi connectivity index (χ1v) is 9.03. The molecule has 1 aromatic carbocycles. The topological polar surface area (TPSA) is 109 Å². The number of rotatable bonds is 6. The molecule has 0 aliphatic heterocycles. The quantitative estimate of drug-likeness (QED) is 0.505. The van der Waals surface area contributed by atoms with Crippen LogP contribution >= 0.6 is 11.3 Å². The van der Waals surface area contributed by atoms with E-state index in [0.29, 0.717) is 16.2 Å². The van der Waals surface area contributed by atoms with Crippen LogP contribution in [0.25, 0.3) is 15.9 Å². The molecule has 2 heterocycles. The lowest BCUT2D eigenvalue weighted by molar-refractivity contribution is -0.122. The van der Waals surface area contributed by atoms with E-state index < -0.39 is 24.3 Å². The third-order valence-electron chi connectivity index (χ3n) is 4.05. The minimum atomic E-state index is -1.22. The number of carbonyl (C=O) groups is 2. The molecule has 0 saturated carbocycles. The van der Waals surface area contributed by atoms with E-state index in [1.54, 1.807) is 35.9 Å². The molecule has 3 aromatic rings.